The van der Waals surface area contributed by atoms with E-state index in [4.69, 9.17) is 11.6 Å². The summed E-state index contributed by atoms with van der Waals surface area (Å²) in [5.41, 5.74) is 1.36. The van der Waals surface area contributed by atoms with Crippen LogP contribution in [0.4, 0.5) is 4.39 Å². The molecule has 0 amide bonds. The lowest BCUT2D eigenvalue weighted by atomic mass is 10.1. The first-order valence-corrected chi connectivity index (χ1v) is 5.08. The van der Waals surface area contributed by atoms with Crippen molar-refractivity contribution in [2.75, 3.05) is 0 Å². The average Bonchev–Trinajstić information content (AvgIpc) is 2.20. The van der Waals surface area contributed by atoms with Gasteiger partial charge in [-0.25, -0.2) is 4.39 Å². The van der Waals surface area contributed by atoms with Crippen LogP contribution in [0.5, 0.6) is 0 Å². The standard InChI is InChI=1S/C10H10ClF.C2H6/c1-7(8(2)12)9-5-3-4-6-10(9)11;1-2/h3-6H,1-2H3;1-2H3/b8-7-;. The van der Waals surface area contributed by atoms with E-state index in [0.717, 1.165) is 5.56 Å². The predicted molar refractivity (Wildman–Crippen MR) is 62.2 cm³/mol. The second-order valence-corrected chi connectivity index (χ2v) is 3.05. The molecule has 0 aliphatic heterocycles. The highest BCUT2D eigenvalue weighted by molar-refractivity contribution is 6.32. The number of rotatable bonds is 1. The quantitative estimate of drug-likeness (QED) is 0.611. The van der Waals surface area contributed by atoms with Crippen LogP contribution < -0.4 is 0 Å². The molecule has 2 heteroatoms. The number of halogens is 2. The molecule has 0 heterocycles. The van der Waals surface area contributed by atoms with Crippen LogP contribution in [0.3, 0.4) is 0 Å². The second-order valence-electron chi connectivity index (χ2n) is 2.64. The van der Waals surface area contributed by atoms with Gasteiger partial charge in [-0.15, -0.1) is 0 Å². The van der Waals surface area contributed by atoms with E-state index in [-0.39, 0.29) is 5.83 Å². The number of benzene rings is 1. The van der Waals surface area contributed by atoms with Crippen LogP contribution in [0.2, 0.25) is 5.02 Å². The summed E-state index contributed by atoms with van der Waals surface area (Å²) in [6, 6.07) is 7.23. The van der Waals surface area contributed by atoms with E-state index >= 15 is 0 Å². The molecule has 0 atom stereocenters. The molecule has 0 radical (unpaired) electrons. The summed E-state index contributed by atoms with van der Waals surface area (Å²) >= 11 is 5.86. The summed E-state index contributed by atoms with van der Waals surface area (Å²) in [6.07, 6.45) is 0. The number of allylic oxidation sites excluding steroid dienone is 2. The first kappa shape index (κ1) is 13.2. The lowest BCUT2D eigenvalue weighted by Crippen LogP contribution is -1.82. The minimum atomic E-state index is -0.192. The molecule has 0 aromatic heterocycles. The van der Waals surface area contributed by atoms with E-state index in [1.54, 1.807) is 19.1 Å². The second kappa shape index (κ2) is 6.61. The van der Waals surface area contributed by atoms with Crippen LogP contribution in [0, 0.1) is 0 Å². The zero-order valence-electron chi connectivity index (χ0n) is 9.07. The third-order valence-electron chi connectivity index (χ3n) is 1.79. The third-order valence-corrected chi connectivity index (χ3v) is 2.12. The van der Waals surface area contributed by atoms with Crippen LogP contribution in [0.25, 0.3) is 5.57 Å². The van der Waals surface area contributed by atoms with Gasteiger partial charge in [0.2, 0.25) is 0 Å². The van der Waals surface area contributed by atoms with Gasteiger partial charge in [-0.05, 0) is 31.1 Å². The highest BCUT2D eigenvalue weighted by Gasteiger charge is 2.03. The van der Waals surface area contributed by atoms with Crippen LogP contribution in [-0.2, 0) is 0 Å². The lowest BCUT2D eigenvalue weighted by Gasteiger charge is -2.03. The third kappa shape index (κ3) is 3.51. The fraction of sp³-hybridized carbons (Fsp3) is 0.333. The Kier molecular flexibility index (Phi) is 6.22. The van der Waals surface area contributed by atoms with E-state index in [1.807, 2.05) is 26.0 Å². The molecule has 0 unspecified atom stereocenters. The van der Waals surface area contributed by atoms with Gasteiger partial charge in [-0.3, -0.25) is 0 Å². The van der Waals surface area contributed by atoms with Crippen molar-refractivity contribution in [3.05, 3.63) is 40.7 Å². The molecule has 0 saturated heterocycles. The van der Waals surface area contributed by atoms with Gasteiger partial charge in [0, 0.05) is 5.02 Å². The summed E-state index contributed by atoms with van der Waals surface area (Å²) in [5, 5.41) is 0.590. The lowest BCUT2D eigenvalue weighted by molar-refractivity contribution is 0.643. The Balaban J connectivity index is 0.000000791. The number of hydrogen-bond acceptors (Lipinski definition) is 0. The zero-order chi connectivity index (χ0) is 11.1. The highest BCUT2D eigenvalue weighted by atomic mass is 35.5. The molecule has 1 rings (SSSR count). The Labute approximate surface area is 90.4 Å². The minimum absolute atomic E-state index is 0.192. The molecule has 0 bridgehead atoms. The molecule has 0 nitrogen and oxygen atoms in total. The molecule has 0 aliphatic rings. The molecule has 1 aromatic rings. The smallest absolute Gasteiger partial charge is 0.100 e. The molecule has 14 heavy (non-hydrogen) atoms. The van der Waals surface area contributed by atoms with Gasteiger partial charge >= 0.3 is 0 Å². The van der Waals surface area contributed by atoms with Crippen molar-refractivity contribution in [3.8, 4) is 0 Å². The average molecular weight is 215 g/mol. The Bertz CT molecular complexity index is 312. The molecule has 1 aromatic carbocycles. The summed E-state index contributed by atoms with van der Waals surface area (Å²) in [7, 11) is 0. The normalized spacial score (nSPS) is 11.3. The van der Waals surface area contributed by atoms with Crippen molar-refractivity contribution >= 4 is 17.2 Å². The first-order chi connectivity index (χ1) is 6.63. The SMILES string of the molecule is C/C(F)=C(\C)c1ccccc1Cl.CC. The first-order valence-electron chi connectivity index (χ1n) is 4.71. The molecule has 0 fully saturated rings. The van der Waals surface area contributed by atoms with Gasteiger partial charge in [-0.1, -0.05) is 43.6 Å². The van der Waals surface area contributed by atoms with Gasteiger partial charge in [0.05, 0.1) is 0 Å². The summed E-state index contributed by atoms with van der Waals surface area (Å²) < 4.78 is 12.8. The Morgan fingerprint density at radius 1 is 1.14 bits per heavy atom. The van der Waals surface area contributed by atoms with Gasteiger partial charge in [0.15, 0.2) is 0 Å². The van der Waals surface area contributed by atoms with Gasteiger partial charge in [-0.2, -0.15) is 0 Å². The molecular weight excluding hydrogens is 199 g/mol. The molecular formula is C12H16ClF. The largest absolute Gasteiger partial charge is 0.212 e. The van der Waals surface area contributed by atoms with Crippen molar-refractivity contribution in [1.82, 2.24) is 0 Å². The number of hydrogen-bond donors (Lipinski definition) is 0. The maximum atomic E-state index is 12.8. The Morgan fingerprint density at radius 3 is 2.07 bits per heavy atom. The van der Waals surface area contributed by atoms with Crippen LogP contribution in [0.15, 0.2) is 30.1 Å². The maximum Gasteiger partial charge on any atom is 0.100 e. The molecule has 0 aliphatic carbocycles. The fourth-order valence-corrected chi connectivity index (χ4v) is 1.23. The van der Waals surface area contributed by atoms with E-state index in [9.17, 15) is 4.39 Å². The molecule has 0 saturated carbocycles. The van der Waals surface area contributed by atoms with E-state index < -0.39 is 0 Å². The van der Waals surface area contributed by atoms with Gasteiger partial charge in [0.25, 0.3) is 0 Å². The monoisotopic (exact) mass is 214 g/mol. The van der Waals surface area contributed by atoms with Crippen molar-refractivity contribution in [2.24, 2.45) is 0 Å². The zero-order valence-corrected chi connectivity index (χ0v) is 9.82. The van der Waals surface area contributed by atoms with Crippen molar-refractivity contribution in [3.63, 3.8) is 0 Å². The Hall–Kier alpha value is -0.820. The fourth-order valence-electron chi connectivity index (χ4n) is 0.951. The van der Waals surface area contributed by atoms with Crippen LogP contribution >= 0.6 is 11.6 Å². The summed E-state index contributed by atoms with van der Waals surface area (Å²) in [5.74, 6) is -0.192. The Morgan fingerprint density at radius 2 is 1.64 bits per heavy atom. The van der Waals surface area contributed by atoms with Crippen molar-refractivity contribution < 1.29 is 4.39 Å². The molecule has 0 spiro atoms. The minimum Gasteiger partial charge on any atom is -0.212 e. The van der Waals surface area contributed by atoms with Crippen molar-refractivity contribution in [2.45, 2.75) is 27.7 Å². The van der Waals surface area contributed by atoms with Crippen LogP contribution in [0.1, 0.15) is 33.3 Å². The maximum absolute atomic E-state index is 12.8. The molecule has 0 N–H and O–H groups in total. The summed E-state index contributed by atoms with van der Waals surface area (Å²) in [6.45, 7) is 7.15. The van der Waals surface area contributed by atoms with Crippen LogP contribution in [-0.4, -0.2) is 0 Å². The van der Waals surface area contributed by atoms with E-state index in [0.29, 0.717) is 10.6 Å². The predicted octanol–water partition coefficient (Wildman–Crippen LogP) is 5.09. The van der Waals surface area contributed by atoms with Crippen molar-refractivity contribution in [1.29, 1.82) is 0 Å². The van der Waals surface area contributed by atoms with Gasteiger partial charge < -0.3 is 0 Å². The highest BCUT2D eigenvalue weighted by Crippen LogP contribution is 2.25. The topological polar surface area (TPSA) is 0 Å². The van der Waals surface area contributed by atoms with Gasteiger partial charge in [0.1, 0.15) is 5.83 Å². The van der Waals surface area contributed by atoms with E-state index in [1.165, 1.54) is 6.92 Å². The summed E-state index contributed by atoms with van der Waals surface area (Å²) in [4.78, 5) is 0. The van der Waals surface area contributed by atoms with E-state index in [2.05, 4.69) is 0 Å². The molecule has 78 valence electrons.